The summed E-state index contributed by atoms with van der Waals surface area (Å²) in [5.74, 6) is 0. The molecule has 0 aliphatic carbocycles. The van der Waals surface area contributed by atoms with E-state index in [0.717, 1.165) is 12.1 Å². The molecule has 1 aromatic carbocycles. The number of hydrogen-bond donors (Lipinski definition) is 1. The van der Waals surface area contributed by atoms with E-state index >= 15 is 0 Å². The molecule has 0 aliphatic rings. The van der Waals surface area contributed by atoms with Gasteiger partial charge in [-0.15, -0.1) is 0 Å². The van der Waals surface area contributed by atoms with Crippen molar-refractivity contribution in [1.82, 2.24) is 9.78 Å². The Bertz CT molecular complexity index is 682. The maximum absolute atomic E-state index is 12.9. The van der Waals surface area contributed by atoms with Gasteiger partial charge >= 0.3 is 6.18 Å². The number of halogens is 3. The standard InChI is InChI=1S/C14H13F3N4/c1-9(7-18)21-5-4-13(20-21)10-2-3-11(8-19)12(6-10)14(15,16)17/h2-6,9H,7,18H2,1H3. The molecule has 0 saturated carbocycles. The quantitative estimate of drug-likeness (QED) is 0.946. The molecule has 0 saturated heterocycles. The van der Waals surface area contributed by atoms with Crippen LogP contribution in [0.15, 0.2) is 30.5 Å². The first-order chi connectivity index (χ1) is 9.86. The molecule has 0 amide bonds. The van der Waals surface area contributed by atoms with E-state index in [1.165, 1.54) is 6.07 Å². The van der Waals surface area contributed by atoms with Gasteiger partial charge in [-0.25, -0.2) is 0 Å². The van der Waals surface area contributed by atoms with Gasteiger partial charge in [0.05, 0.1) is 28.9 Å². The Labute approximate surface area is 119 Å². The highest BCUT2D eigenvalue weighted by molar-refractivity contribution is 5.62. The summed E-state index contributed by atoms with van der Waals surface area (Å²) in [7, 11) is 0. The van der Waals surface area contributed by atoms with Crippen LogP contribution in [0.5, 0.6) is 0 Å². The zero-order chi connectivity index (χ0) is 15.6. The highest BCUT2D eigenvalue weighted by Crippen LogP contribution is 2.34. The van der Waals surface area contributed by atoms with Gasteiger partial charge in [-0.05, 0) is 25.1 Å². The second-order valence-electron chi connectivity index (χ2n) is 4.64. The molecule has 2 N–H and O–H groups in total. The van der Waals surface area contributed by atoms with Crippen LogP contribution in [0.25, 0.3) is 11.3 Å². The molecule has 2 aromatic rings. The molecule has 0 bridgehead atoms. The van der Waals surface area contributed by atoms with Gasteiger partial charge in [0.25, 0.3) is 0 Å². The first-order valence-electron chi connectivity index (χ1n) is 6.23. The van der Waals surface area contributed by atoms with E-state index in [4.69, 9.17) is 11.0 Å². The van der Waals surface area contributed by atoms with Crippen molar-refractivity contribution in [3.63, 3.8) is 0 Å². The lowest BCUT2D eigenvalue weighted by Gasteiger charge is -2.10. The van der Waals surface area contributed by atoms with Crippen LogP contribution in [-0.4, -0.2) is 16.3 Å². The highest BCUT2D eigenvalue weighted by Gasteiger charge is 2.34. The number of benzene rings is 1. The van der Waals surface area contributed by atoms with E-state index in [0.29, 0.717) is 17.8 Å². The third-order valence-electron chi connectivity index (χ3n) is 3.14. The summed E-state index contributed by atoms with van der Waals surface area (Å²) in [5, 5.41) is 13.0. The van der Waals surface area contributed by atoms with Crippen LogP contribution in [0.4, 0.5) is 13.2 Å². The van der Waals surface area contributed by atoms with Crippen LogP contribution in [0.3, 0.4) is 0 Å². The molecule has 1 heterocycles. The Morgan fingerprint density at radius 1 is 1.38 bits per heavy atom. The molecule has 1 unspecified atom stereocenters. The lowest BCUT2D eigenvalue weighted by Crippen LogP contribution is -2.16. The fourth-order valence-corrected chi connectivity index (χ4v) is 1.88. The average Bonchev–Trinajstić information content (AvgIpc) is 2.94. The summed E-state index contributed by atoms with van der Waals surface area (Å²) in [4.78, 5) is 0. The Morgan fingerprint density at radius 2 is 2.10 bits per heavy atom. The minimum absolute atomic E-state index is 0.0424. The SMILES string of the molecule is CC(CN)n1ccc(-c2ccc(C#N)c(C(F)(F)F)c2)n1. The van der Waals surface area contributed by atoms with Crippen molar-refractivity contribution in [3.05, 3.63) is 41.6 Å². The first-order valence-corrected chi connectivity index (χ1v) is 6.23. The maximum atomic E-state index is 12.9. The molecule has 1 atom stereocenters. The number of aromatic nitrogens is 2. The summed E-state index contributed by atoms with van der Waals surface area (Å²) in [6.07, 6.45) is -2.91. The Balaban J connectivity index is 2.46. The molecule has 0 radical (unpaired) electrons. The van der Waals surface area contributed by atoms with Gasteiger partial charge in [0.2, 0.25) is 0 Å². The minimum atomic E-state index is -4.58. The van der Waals surface area contributed by atoms with Crippen LogP contribution in [0.2, 0.25) is 0 Å². The van der Waals surface area contributed by atoms with Crippen molar-refractivity contribution in [2.45, 2.75) is 19.1 Å². The number of hydrogen-bond acceptors (Lipinski definition) is 3. The molecule has 110 valence electrons. The zero-order valence-electron chi connectivity index (χ0n) is 11.2. The van der Waals surface area contributed by atoms with E-state index < -0.39 is 17.3 Å². The molecule has 7 heteroatoms. The van der Waals surface area contributed by atoms with Gasteiger partial charge in [-0.3, -0.25) is 4.68 Å². The van der Waals surface area contributed by atoms with E-state index in [1.807, 2.05) is 6.92 Å². The van der Waals surface area contributed by atoms with E-state index in [-0.39, 0.29) is 6.04 Å². The van der Waals surface area contributed by atoms with Crippen LogP contribution < -0.4 is 5.73 Å². The molecular weight excluding hydrogens is 281 g/mol. The van der Waals surface area contributed by atoms with E-state index in [2.05, 4.69) is 5.10 Å². The summed E-state index contributed by atoms with van der Waals surface area (Å²) >= 11 is 0. The number of alkyl halides is 3. The van der Waals surface area contributed by atoms with E-state index in [1.54, 1.807) is 23.0 Å². The molecule has 0 aliphatic heterocycles. The predicted molar refractivity (Wildman–Crippen MR) is 71.1 cm³/mol. The summed E-state index contributed by atoms with van der Waals surface area (Å²) in [6.45, 7) is 2.24. The van der Waals surface area contributed by atoms with Crippen molar-refractivity contribution < 1.29 is 13.2 Å². The number of nitrogens with two attached hydrogens (primary N) is 1. The average molecular weight is 294 g/mol. The fraction of sp³-hybridized carbons (Fsp3) is 0.286. The van der Waals surface area contributed by atoms with Crippen molar-refractivity contribution >= 4 is 0 Å². The van der Waals surface area contributed by atoms with E-state index in [9.17, 15) is 13.2 Å². The molecular formula is C14H13F3N4. The molecule has 4 nitrogen and oxygen atoms in total. The largest absolute Gasteiger partial charge is 0.417 e. The van der Waals surface area contributed by atoms with Gasteiger partial charge in [0, 0.05) is 18.3 Å². The Morgan fingerprint density at radius 3 is 2.67 bits per heavy atom. The van der Waals surface area contributed by atoms with Crippen LogP contribution in [0, 0.1) is 11.3 Å². The smallest absolute Gasteiger partial charge is 0.328 e. The Kier molecular flexibility index (Phi) is 4.00. The van der Waals surface area contributed by atoms with Crippen LogP contribution in [0.1, 0.15) is 24.1 Å². The lowest BCUT2D eigenvalue weighted by molar-refractivity contribution is -0.137. The predicted octanol–water partition coefficient (Wildman–Crippen LogP) is 2.96. The maximum Gasteiger partial charge on any atom is 0.417 e. The zero-order valence-corrected chi connectivity index (χ0v) is 11.2. The van der Waals surface area contributed by atoms with Gasteiger partial charge in [0.1, 0.15) is 0 Å². The molecule has 0 spiro atoms. The second-order valence-corrected chi connectivity index (χ2v) is 4.64. The first kappa shape index (κ1) is 15.1. The van der Waals surface area contributed by atoms with Gasteiger partial charge < -0.3 is 5.73 Å². The number of nitriles is 1. The van der Waals surface area contributed by atoms with Gasteiger partial charge in [-0.1, -0.05) is 6.07 Å². The number of nitrogens with zero attached hydrogens (tertiary/aromatic N) is 3. The molecule has 21 heavy (non-hydrogen) atoms. The van der Waals surface area contributed by atoms with Crippen molar-refractivity contribution in [2.24, 2.45) is 5.73 Å². The van der Waals surface area contributed by atoms with Crippen LogP contribution >= 0.6 is 0 Å². The van der Waals surface area contributed by atoms with Gasteiger partial charge in [0.15, 0.2) is 0 Å². The van der Waals surface area contributed by atoms with Crippen LogP contribution in [-0.2, 0) is 6.18 Å². The number of rotatable bonds is 3. The third-order valence-corrected chi connectivity index (χ3v) is 3.14. The normalized spacial score (nSPS) is 13.0. The fourth-order valence-electron chi connectivity index (χ4n) is 1.88. The highest BCUT2D eigenvalue weighted by atomic mass is 19.4. The van der Waals surface area contributed by atoms with Crippen molar-refractivity contribution in [2.75, 3.05) is 6.54 Å². The second kappa shape index (κ2) is 5.58. The van der Waals surface area contributed by atoms with Crippen molar-refractivity contribution in [1.29, 1.82) is 5.26 Å². The topological polar surface area (TPSA) is 67.6 Å². The molecule has 0 fully saturated rings. The third kappa shape index (κ3) is 3.06. The minimum Gasteiger partial charge on any atom is -0.328 e. The lowest BCUT2D eigenvalue weighted by atomic mass is 10.0. The Hall–Kier alpha value is -2.33. The summed E-state index contributed by atoms with van der Waals surface area (Å²) < 4.78 is 40.4. The van der Waals surface area contributed by atoms with Gasteiger partial charge in [-0.2, -0.15) is 23.5 Å². The monoisotopic (exact) mass is 294 g/mol. The van der Waals surface area contributed by atoms with Crippen molar-refractivity contribution in [3.8, 4) is 17.3 Å². The summed E-state index contributed by atoms with van der Waals surface area (Å²) in [6, 6.07) is 6.68. The molecule has 2 rings (SSSR count). The molecule has 1 aromatic heterocycles. The summed E-state index contributed by atoms with van der Waals surface area (Å²) in [5.41, 5.74) is 4.89.